The number of carbonyl (C=O) groups is 6. The smallest absolute Gasteiger partial charge is 0.272 e. The van der Waals surface area contributed by atoms with Crippen LogP contribution >= 0.6 is 0 Å². The Balaban J connectivity index is 0.000000224. The van der Waals surface area contributed by atoms with Gasteiger partial charge in [0.1, 0.15) is 34.5 Å². The van der Waals surface area contributed by atoms with Gasteiger partial charge >= 0.3 is 0 Å². The molecule has 6 amide bonds. The summed E-state index contributed by atoms with van der Waals surface area (Å²) in [4.78, 5) is 77.9. The number of nitrogens with zero attached hydrogens (tertiary/aromatic N) is 6. The monoisotopic (exact) mass is 1480 g/mol. The summed E-state index contributed by atoms with van der Waals surface area (Å²) in [5.74, 6) is 4.95. The van der Waals surface area contributed by atoms with Gasteiger partial charge in [0.25, 0.3) is 17.7 Å². The van der Waals surface area contributed by atoms with E-state index in [0.29, 0.717) is 114 Å². The first kappa shape index (κ1) is 85.2. The first-order valence-electron chi connectivity index (χ1n) is 38.8. The molecule has 3 heterocycles. The van der Waals surface area contributed by atoms with Gasteiger partial charge in [-0.3, -0.25) is 42.8 Å². The third-order valence-electron chi connectivity index (χ3n) is 20.1. The predicted molar refractivity (Wildman–Crippen MR) is 419 cm³/mol. The van der Waals surface area contributed by atoms with Crippen LogP contribution in [0.4, 0.5) is 0 Å². The Hall–Kier alpha value is -9.09. The molecule has 3 aliphatic carbocycles. The third-order valence-corrected chi connectivity index (χ3v) is 20.1. The summed E-state index contributed by atoms with van der Waals surface area (Å²) in [6, 6.07) is 22.2. The number of ether oxygens (including phenoxy) is 6. The summed E-state index contributed by atoms with van der Waals surface area (Å²) in [6.07, 6.45) is 13.6. The van der Waals surface area contributed by atoms with E-state index in [9.17, 15) is 28.8 Å². The van der Waals surface area contributed by atoms with Crippen molar-refractivity contribution in [2.24, 2.45) is 35.5 Å². The molecule has 6 N–H and O–H groups in total. The number of amides is 6. The van der Waals surface area contributed by atoms with Crippen LogP contribution in [0, 0.1) is 35.5 Å². The maximum absolute atomic E-state index is 13.4. The summed E-state index contributed by atoms with van der Waals surface area (Å²) < 4.78 is 39.3. The third kappa shape index (κ3) is 24.5. The molecule has 9 rings (SSSR count). The lowest BCUT2D eigenvalue weighted by atomic mass is 9.92. The minimum Gasteiger partial charge on any atom is -0.496 e. The van der Waals surface area contributed by atoms with Gasteiger partial charge in [0.05, 0.1) is 82.5 Å². The van der Waals surface area contributed by atoms with Gasteiger partial charge in [-0.05, 0) is 174 Å². The Morgan fingerprint density at radius 2 is 0.701 bits per heavy atom. The minimum absolute atomic E-state index is 0.00704. The molecular formula is C83H124N12O12. The van der Waals surface area contributed by atoms with Crippen molar-refractivity contribution < 1.29 is 57.2 Å². The van der Waals surface area contributed by atoms with Crippen molar-refractivity contribution in [1.29, 1.82) is 0 Å². The second kappa shape index (κ2) is 41.3. The highest BCUT2D eigenvalue weighted by Gasteiger charge is 2.32. The average molecular weight is 1480 g/mol. The fourth-order valence-corrected chi connectivity index (χ4v) is 13.4. The lowest BCUT2D eigenvalue weighted by Gasteiger charge is -2.28. The number of carbonyl (C=O) groups excluding carboxylic acids is 6. The van der Waals surface area contributed by atoms with Crippen LogP contribution in [0.5, 0.6) is 34.5 Å². The van der Waals surface area contributed by atoms with Gasteiger partial charge in [-0.1, -0.05) is 108 Å². The molecule has 0 aliphatic heterocycles. The molecule has 3 aliphatic rings. The van der Waals surface area contributed by atoms with Crippen molar-refractivity contribution in [1.82, 2.24) is 61.2 Å². The number of hydrogen-bond donors (Lipinski definition) is 6. The van der Waals surface area contributed by atoms with Crippen LogP contribution in [0.2, 0.25) is 0 Å². The summed E-state index contributed by atoms with van der Waals surface area (Å²) >= 11 is 0. The van der Waals surface area contributed by atoms with Gasteiger partial charge < -0.3 is 60.3 Å². The highest BCUT2D eigenvalue weighted by Crippen LogP contribution is 2.43. The molecule has 5 atom stereocenters. The maximum atomic E-state index is 13.4. The molecule has 24 nitrogen and oxygen atoms in total. The van der Waals surface area contributed by atoms with E-state index in [0.717, 1.165) is 98.0 Å². The fourth-order valence-electron chi connectivity index (χ4n) is 13.4. The zero-order valence-electron chi connectivity index (χ0n) is 67.2. The molecule has 3 aromatic heterocycles. The first-order valence-corrected chi connectivity index (χ1v) is 38.8. The molecule has 3 fully saturated rings. The highest BCUT2D eigenvalue weighted by atomic mass is 16.5. The molecule has 2 unspecified atom stereocenters. The number of hydrogen-bond acceptors (Lipinski definition) is 15. The van der Waals surface area contributed by atoms with Crippen LogP contribution < -0.4 is 60.3 Å². The van der Waals surface area contributed by atoms with E-state index in [4.69, 9.17) is 38.6 Å². The minimum atomic E-state index is -0.290. The second-order valence-electron chi connectivity index (χ2n) is 31.2. The van der Waals surface area contributed by atoms with E-state index in [-0.39, 0.29) is 103 Å². The molecule has 0 saturated heterocycles. The van der Waals surface area contributed by atoms with Crippen LogP contribution in [0.3, 0.4) is 0 Å². The summed E-state index contributed by atoms with van der Waals surface area (Å²) in [6.45, 7) is 28.6. The van der Waals surface area contributed by atoms with Gasteiger partial charge in [-0.2, -0.15) is 15.3 Å². The van der Waals surface area contributed by atoms with Crippen molar-refractivity contribution in [2.75, 3.05) is 42.7 Å². The molecular weight excluding hydrogens is 1360 g/mol. The predicted octanol–water partition coefficient (Wildman–Crippen LogP) is 14.2. The first-order chi connectivity index (χ1) is 51.1. The zero-order valence-corrected chi connectivity index (χ0v) is 67.2. The van der Waals surface area contributed by atoms with Crippen LogP contribution in [-0.4, -0.2) is 144 Å². The topological polar surface area (TPSA) is 283 Å². The zero-order chi connectivity index (χ0) is 78.2. The molecule has 0 bridgehead atoms. The van der Waals surface area contributed by atoms with Crippen molar-refractivity contribution in [3.05, 3.63) is 89.9 Å². The number of rotatable bonds is 37. The van der Waals surface area contributed by atoms with Crippen molar-refractivity contribution in [2.45, 2.75) is 248 Å². The standard InChI is InChI=1S/2C28H42N4O4.C27H40N4O4/c1-17(2)14-21(15-26(33)29-20-10-8-11-20)30-28(34)22-16-23(32(31-22)19(5)18(3)4)27-24(35-6)12-9-13-25(27)36-7;1-7-19(4)17-32-23(27-24(35-5)12-9-13-25(27)36-6)16-22(31-32)28(34)30-21(14-18(2)3)15-26(33)29-20-10-8-11-20;1-17(2)13-20(14-25(32)28-19-9-7-10-19)29-27(33)21-15-22(31(30-21)16-18(3)4)26-23(34-5)11-8-12-24(26)35-6/h9,12-13,16-21H,8,10-11,14-15H2,1-7H3,(H,29,33)(H,30,34);9,12-13,16,18-21H,7-8,10-11,14-15,17H2,1-6H3,(H,29,33)(H,30,34);8,11-12,15,17-20H,7,9-10,13-14,16H2,1-6H3,(H,28,32)(H,29,33)/t2*19?,21-;20-/m000/s1. The molecule has 3 aromatic carbocycles. The van der Waals surface area contributed by atoms with Gasteiger partial charge in [0.15, 0.2) is 17.1 Å². The summed E-state index contributed by atoms with van der Waals surface area (Å²) in [5, 5.41) is 32.6. The highest BCUT2D eigenvalue weighted by molar-refractivity contribution is 5.96. The molecule has 3 saturated carbocycles. The van der Waals surface area contributed by atoms with E-state index in [2.05, 4.69) is 127 Å². The normalized spacial score (nSPS) is 15.0. The molecule has 6 aromatic rings. The molecule has 0 spiro atoms. The number of nitrogens with one attached hydrogen (secondary N) is 6. The van der Waals surface area contributed by atoms with Gasteiger partial charge in [0.2, 0.25) is 17.7 Å². The fraction of sp³-hybridized carbons (Fsp3) is 0.602. The van der Waals surface area contributed by atoms with Gasteiger partial charge in [0, 0.05) is 68.6 Å². The largest absolute Gasteiger partial charge is 0.496 e. The van der Waals surface area contributed by atoms with Crippen molar-refractivity contribution in [3.63, 3.8) is 0 Å². The van der Waals surface area contributed by atoms with Crippen LogP contribution in [0.15, 0.2) is 72.8 Å². The Bertz CT molecular complexity index is 3790. The van der Waals surface area contributed by atoms with Crippen LogP contribution in [0.1, 0.15) is 230 Å². The van der Waals surface area contributed by atoms with E-state index in [1.165, 1.54) is 0 Å². The van der Waals surface area contributed by atoms with E-state index in [1.807, 2.05) is 68.6 Å². The van der Waals surface area contributed by atoms with E-state index < -0.39 is 0 Å². The van der Waals surface area contributed by atoms with Crippen molar-refractivity contribution >= 4 is 35.4 Å². The van der Waals surface area contributed by atoms with Gasteiger partial charge in [-0.25, -0.2) is 0 Å². The maximum Gasteiger partial charge on any atom is 0.272 e. The Morgan fingerprint density at radius 3 is 0.963 bits per heavy atom. The lowest BCUT2D eigenvalue weighted by Crippen LogP contribution is -2.44. The molecule has 24 heteroatoms. The quantitative estimate of drug-likeness (QED) is 0.0211. The number of aromatic nitrogens is 6. The lowest BCUT2D eigenvalue weighted by molar-refractivity contribution is -0.123. The Labute approximate surface area is 635 Å². The van der Waals surface area contributed by atoms with Crippen molar-refractivity contribution in [3.8, 4) is 68.3 Å². The van der Waals surface area contributed by atoms with Crippen LogP contribution in [0.25, 0.3) is 33.8 Å². The summed E-state index contributed by atoms with van der Waals surface area (Å²) in [5.41, 5.74) is 5.45. The Morgan fingerprint density at radius 1 is 0.411 bits per heavy atom. The van der Waals surface area contributed by atoms with E-state index in [1.54, 1.807) is 60.9 Å². The molecule has 0 radical (unpaired) electrons. The Kier molecular flexibility index (Phi) is 32.9. The number of benzene rings is 3. The second-order valence-corrected chi connectivity index (χ2v) is 31.2. The average Bonchev–Trinajstić information content (AvgIpc) is 1.69. The van der Waals surface area contributed by atoms with E-state index >= 15 is 0 Å². The molecule has 588 valence electrons. The molecule has 107 heavy (non-hydrogen) atoms. The van der Waals surface area contributed by atoms with Crippen LogP contribution in [-0.2, 0) is 27.5 Å². The van der Waals surface area contributed by atoms with Gasteiger partial charge in [-0.15, -0.1) is 0 Å². The number of methoxy groups -OCH3 is 6. The SMILES string of the molecule is CCC(C)Cn1nc(C(=O)N[C@H](CC(=O)NC2CCC2)CC(C)C)cc1-c1c(OC)cccc1OC.COc1cccc(OC)c1-c1cc(C(=O)N[C@H](CC(=O)NC2CCC2)CC(C)C)nn1C(C)C(C)C.COc1cccc(OC)c1-c1cc(C(=O)N[C@H](CC(=O)NC2CCC2)CC(C)C)nn1CC(C)C. The summed E-state index contributed by atoms with van der Waals surface area (Å²) in [7, 11) is 9.69.